The summed E-state index contributed by atoms with van der Waals surface area (Å²) in [4.78, 5) is 14.3. The van der Waals surface area contributed by atoms with E-state index in [0.29, 0.717) is 0 Å². The van der Waals surface area contributed by atoms with Gasteiger partial charge in [-0.2, -0.15) is 0 Å². The number of hydrogen-bond donors (Lipinski definition) is 0. The first kappa shape index (κ1) is 17.2. The fourth-order valence-electron chi connectivity index (χ4n) is 4.32. The second kappa shape index (κ2) is 5.73. The van der Waals surface area contributed by atoms with Gasteiger partial charge in [-0.15, -0.1) is 0 Å². The van der Waals surface area contributed by atoms with Crippen LogP contribution in [-0.4, -0.2) is 11.4 Å². The van der Waals surface area contributed by atoms with Crippen LogP contribution in [0.2, 0.25) is 0 Å². The molecule has 0 unspecified atom stereocenters. The summed E-state index contributed by atoms with van der Waals surface area (Å²) in [7, 11) is 0. The molecule has 0 radical (unpaired) electrons. The van der Waals surface area contributed by atoms with Gasteiger partial charge in [0, 0.05) is 28.0 Å². The average molecular weight is 386 g/mol. The average Bonchev–Trinajstić information content (AvgIpc) is 2.47. The van der Waals surface area contributed by atoms with E-state index in [1.54, 1.807) is 6.92 Å². The second-order valence-electron chi connectivity index (χ2n) is 7.70. The zero-order valence-electron chi connectivity index (χ0n) is 15.0. The first-order valence-corrected chi connectivity index (χ1v) is 9.12. The Balaban J connectivity index is 2.28. The molecule has 0 spiro atoms. The van der Waals surface area contributed by atoms with Crippen LogP contribution in [0.5, 0.6) is 0 Å². The number of carbonyl (C=O) groups is 1. The smallest absolute Gasteiger partial charge is 0.224 e. The maximum atomic E-state index is 12.4. The minimum Gasteiger partial charge on any atom is -0.307 e. The monoisotopic (exact) mass is 385 g/mol. The summed E-state index contributed by atoms with van der Waals surface area (Å²) in [6, 6.07) is 15.0. The predicted octanol–water partition coefficient (Wildman–Crippen LogP) is 5.60. The quantitative estimate of drug-likeness (QED) is 0.625. The van der Waals surface area contributed by atoms with Crippen LogP contribution in [0, 0.1) is 6.92 Å². The molecule has 1 amide bonds. The molecule has 0 saturated carbocycles. The lowest BCUT2D eigenvalue weighted by molar-refractivity contribution is -0.117. The van der Waals surface area contributed by atoms with Gasteiger partial charge in [-0.25, -0.2) is 0 Å². The van der Waals surface area contributed by atoms with E-state index < -0.39 is 0 Å². The molecule has 1 atom stereocenters. The maximum absolute atomic E-state index is 12.4. The summed E-state index contributed by atoms with van der Waals surface area (Å²) >= 11 is 3.53. The molecule has 0 aliphatic carbocycles. The van der Waals surface area contributed by atoms with Gasteiger partial charge < -0.3 is 4.90 Å². The van der Waals surface area contributed by atoms with Crippen molar-refractivity contribution in [1.82, 2.24) is 0 Å². The molecule has 3 heteroatoms. The Hall–Kier alpha value is -1.61. The summed E-state index contributed by atoms with van der Waals surface area (Å²) in [5, 5.41) is 0. The number of aryl methyl sites for hydroxylation is 1. The van der Waals surface area contributed by atoms with Crippen molar-refractivity contribution < 1.29 is 4.79 Å². The van der Waals surface area contributed by atoms with Crippen LogP contribution in [-0.2, 0) is 10.2 Å². The van der Waals surface area contributed by atoms with Crippen LogP contribution < -0.4 is 4.90 Å². The SMILES string of the molecule is CC(=O)N1c2ccc(C)cc2[C@](C)(c2ccc(Br)cc2)CC1(C)C. The molecular weight excluding hydrogens is 362 g/mol. The third kappa shape index (κ3) is 2.69. The fourth-order valence-corrected chi connectivity index (χ4v) is 4.59. The number of rotatable bonds is 1. The molecule has 2 aromatic rings. The molecular formula is C21H24BrNO. The van der Waals surface area contributed by atoms with Gasteiger partial charge in [0.25, 0.3) is 0 Å². The van der Waals surface area contributed by atoms with Crippen molar-refractivity contribution in [3.63, 3.8) is 0 Å². The number of anilines is 1. The van der Waals surface area contributed by atoms with E-state index in [2.05, 4.69) is 86.1 Å². The van der Waals surface area contributed by atoms with Gasteiger partial charge in [-0.1, -0.05) is 52.7 Å². The van der Waals surface area contributed by atoms with Crippen LogP contribution in [0.3, 0.4) is 0 Å². The lowest BCUT2D eigenvalue weighted by atomic mass is 9.65. The summed E-state index contributed by atoms with van der Waals surface area (Å²) in [6.07, 6.45) is 0.887. The normalized spacial score (nSPS) is 22.2. The molecule has 1 aliphatic heterocycles. The number of amides is 1. The highest BCUT2D eigenvalue weighted by Gasteiger charge is 2.46. The van der Waals surface area contributed by atoms with Crippen molar-refractivity contribution in [2.75, 3.05) is 4.90 Å². The number of fused-ring (bicyclic) bond motifs is 1. The van der Waals surface area contributed by atoms with Crippen LogP contribution in [0.1, 0.15) is 50.8 Å². The number of carbonyl (C=O) groups excluding carboxylic acids is 1. The Kier molecular flexibility index (Phi) is 4.11. The van der Waals surface area contributed by atoms with Crippen molar-refractivity contribution >= 4 is 27.5 Å². The topological polar surface area (TPSA) is 20.3 Å². The van der Waals surface area contributed by atoms with E-state index in [4.69, 9.17) is 0 Å². The van der Waals surface area contributed by atoms with Crippen LogP contribution in [0.15, 0.2) is 46.9 Å². The third-order valence-corrected chi connectivity index (χ3v) is 5.70. The van der Waals surface area contributed by atoms with E-state index in [1.165, 1.54) is 16.7 Å². The highest BCUT2D eigenvalue weighted by atomic mass is 79.9. The van der Waals surface area contributed by atoms with E-state index in [9.17, 15) is 4.79 Å². The maximum Gasteiger partial charge on any atom is 0.224 e. The van der Waals surface area contributed by atoms with Crippen LogP contribution >= 0.6 is 15.9 Å². The molecule has 0 saturated heterocycles. The molecule has 3 rings (SSSR count). The highest BCUT2D eigenvalue weighted by Crippen LogP contribution is 2.50. The predicted molar refractivity (Wildman–Crippen MR) is 104 cm³/mol. The first-order chi connectivity index (χ1) is 11.1. The molecule has 1 heterocycles. The minimum atomic E-state index is -0.240. The Morgan fingerprint density at radius 1 is 1.08 bits per heavy atom. The summed E-state index contributed by atoms with van der Waals surface area (Å²) in [5.41, 5.74) is 4.41. The van der Waals surface area contributed by atoms with E-state index in [-0.39, 0.29) is 16.9 Å². The molecule has 0 N–H and O–H groups in total. The molecule has 126 valence electrons. The van der Waals surface area contributed by atoms with Gasteiger partial charge in [-0.05, 0) is 56.5 Å². The lowest BCUT2D eigenvalue weighted by Crippen LogP contribution is -2.55. The number of nitrogens with zero attached hydrogens (tertiary/aromatic N) is 1. The number of halogens is 1. The van der Waals surface area contributed by atoms with Crippen LogP contribution in [0.25, 0.3) is 0 Å². The molecule has 24 heavy (non-hydrogen) atoms. The Morgan fingerprint density at radius 3 is 2.29 bits per heavy atom. The van der Waals surface area contributed by atoms with E-state index >= 15 is 0 Å². The van der Waals surface area contributed by atoms with Gasteiger partial charge in [-0.3, -0.25) is 4.79 Å². The third-order valence-electron chi connectivity index (χ3n) is 5.18. The van der Waals surface area contributed by atoms with Crippen molar-refractivity contribution in [3.8, 4) is 0 Å². The van der Waals surface area contributed by atoms with Gasteiger partial charge in [0.2, 0.25) is 5.91 Å². The Labute approximate surface area is 153 Å². The first-order valence-electron chi connectivity index (χ1n) is 8.33. The lowest BCUT2D eigenvalue weighted by Gasteiger charge is -2.51. The van der Waals surface area contributed by atoms with Crippen molar-refractivity contribution in [2.24, 2.45) is 0 Å². The summed E-state index contributed by atoms with van der Waals surface area (Å²) in [6.45, 7) is 10.4. The van der Waals surface area contributed by atoms with Gasteiger partial charge in [0.05, 0.1) is 0 Å². The molecule has 2 nitrogen and oxygen atoms in total. The molecule has 0 fully saturated rings. The minimum absolute atomic E-state index is 0.1000. The number of benzene rings is 2. The Morgan fingerprint density at radius 2 is 1.71 bits per heavy atom. The fraction of sp³-hybridized carbons (Fsp3) is 0.381. The number of hydrogen-bond acceptors (Lipinski definition) is 1. The van der Waals surface area contributed by atoms with Crippen molar-refractivity contribution in [3.05, 3.63) is 63.6 Å². The van der Waals surface area contributed by atoms with Gasteiger partial charge in [0.1, 0.15) is 0 Å². The Bertz CT molecular complexity index is 794. The van der Waals surface area contributed by atoms with Crippen LogP contribution in [0.4, 0.5) is 5.69 Å². The van der Waals surface area contributed by atoms with E-state index in [1.807, 2.05) is 4.90 Å². The van der Waals surface area contributed by atoms with Gasteiger partial charge in [0.15, 0.2) is 0 Å². The second-order valence-corrected chi connectivity index (χ2v) is 8.62. The highest BCUT2D eigenvalue weighted by molar-refractivity contribution is 9.10. The van der Waals surface area contributed by atoms with Gasteiger partial charge >= 0.3 is 0 Å². The summed E-state index contributed by atoms with van der Waals surface area (Å²) in [5.74, 6) is 0.1000. The zero-order chi connectivity index (χ0) is 17.7. The largest absolute Gasteiger partial charge is 0.307 e. The molecule has 0 bridgehead atoms. The van der Waals surface area contributed by atoms with E-state index in [0.717, 1.165) is 16.6 Å². The molecule has 0 aromatic heterocycles. The standard InChI is InChI=1S/C21H24BrNO/c1-14-6-11-19-18(12-14)21(5,16-7-9-17(22)10-8-16)13-20(3,4)23(19)15(2)24/h6-12H,13H2,1-5H3/t21-/m0/s1. The summed E-state index contributed by atoms with van der Waals surface area (Å²) < 4.78 is 1.08. The molecule has 1 aliphatic rings. The van der Waals surface area contributed by atoms with Crippen molar-refractivity contribution in [1.29, 1.82) is 0 Å². The zero-order valence-corrected chi connectivity index (χ0v) is 16.6. The molecule has 2 aromatic carbocycles. The van der Waals surface area contributed by atoms with Crippen molar-refractivity contribution in [2.45, 2.75) is 52.0 Å².